The van der Waals surface area contributed by atoms with E-state index < -0.39 is 17.0 Å². The van der Waals surface area contributed by atoms with Crippen molar-refractivity contribution in [1.29, 1.82) is 0 Å². The number of amides is 1. The third kappa shape index (κ3) is 3.84. The standard InChI is InChI=1S/C22H16N2O5/c25-21(23-17-7-9-18(10-8-17)24(27)28)15-6-11-19-16(12-15)13-20(29-22(19)26)14-4-2-1-3-5-14/h1-12,20H,13H2,(H,23,25). The maximum Gasteiger partial charge on any atom is 0.339 e. The Morgan fingerprint density at radius 3 is 2.45 bits per heavy atom. The van der Waals surface area contributed by atoms with Gasteiger partial charge in [0.25, 0.3) is 11.6 Å². The SMILES string of the molecule is O=C(Nc1ccc([N+](=O)[O-])cc1)c1ccc2c(c1)CC(c1ccccc1)OC2=O. The highest BCUT2D eigenvalue weighted by atomic mass is 16.6. The molecule has 1 N–H and O–H groups in total. The first-order valence-electron chi connectivity index (χ1n) is 8.96. The Hall–Kier alpha value is -4.00. The average molecular weight is 388 g/mol. The summed E-state index contributed by atoms with van der Waals surface area (Å²) in [6.45, 7) is 0. The second kappa shape index (κ2) is 7.55. The molecular weight excluding hydrogens is 372 g/mol. The van der Waals surface area contributed by atoms with Crippen LogP contribution >= 0.6 is 0 Å². The van der Waals surface area contributed by atoms with Gasteiger partial charge in [0, 0.05) is 29.8 Å². The molecule has 144 valence electrons. The molecule has 1 aliphatic rings. The summed E-state index contributed by atoms with van der Waals surface area (Å²) in [7, 11) is 0. The number of non-ortho nitro benzene ring substituents is 1. The lowest BCUT2D eigenvalue weighted by molar-refractivity contribution is -0.384. The number of carbonyl (C=O) groups excluding carboxylic acids is 2. The molecule has 0 spiro atoms. The Balaban J connectivity index is 1.55. The van der Waals surface area contributed by atoms with Crippen LogP contribution < -0.4 is 5.32 Å². The summed E-state index contributed by atoms with van der Waals surface area (Å²) >= 11 is 0. The van der Waals surface area contributed by atoms with Gasteiger partial charge in [0.15, 0.2) is 0 Å². The number of cyclic esters (lactones) is 1. The first-order valence-corrected chi connectivity index (χ1v) is 8.96. The number of fused-ring (bicyclic) bond motifs is 1. The second-order valence-electron chi connectivity index (χ2n) is 6.64. The first kappa shape index (κ1) is 18.4. The number of hydrogen-bond donors (Lipinski definition) is 1. The van der Waals surface area contributed by atoms with Gasteiger partial charge in [0.05, 0.1) is 10.5 Å². The normalized spacial score (nSPS) is 15.2. The van der Waals surface area contributed by atoms with E-state index in [-0.39, 0.29) is 11.6 Å². The van der Waals surface area contributed by atoms with Crippen molar-refractivity contribution in [2.75, 3.05) is 5.32 Å². The van der Waals surface area contributed by atoms with Crippen molar-refractivity contribution in [2.24, 2.45) is 0 Å². The first-order chi connectivity index (χ1) is 14.0. The predicted molar refractivity (Wildman–Crippen MR) is 106 cm³/mol. The van der Waals surface area contributed by atoms with E-state index in [2.05, 4.69) is 5.32 Å². The van der Waals surface area contributed by atoms with Gasteiger partial charge in [-0.15, -0.1) is 0 Å². The van der Waals surface area contributed by atoms with E-state index >= 15 is 0 Å². The third-order valence-electron chi connectivity index (χ3n) is 4.75. The number of nitro benzene ring substituents is 1. The average Bonchev–Trinajstić information content (AvgIpc) is 2.74. The molecule has 0 fully saturated rings. The lowest BCUT2D eigenvalue weighted by atomic mass is 9.93. The Morgan fingerprint density at radius 1 is 1.03 bits per heavy atom. The van der Waals surface area contributed by atoms with Crippen LogP contribution in [0.4, 0.5) is 11.4 Å². The minimum atomic E-state index is -0.503. The van der Waals surface area contributed by atoms with Gasteiger partial charge < -0.3 is 10.1 Å². The Kier molecular flexibility index (Phi) is 4.78. The molecule has 0 aromatic heterocycles. The van der Waals surface area contributed by atoms with Gasteiger partial charge in [-0.25, -0.2) is 4.79 Å². The molecule has 1 atom stereocenters. The number of ether oxygens (including phenoxy) is 1. The highest BCUT2D eigenvalue weighted by Crippen LogP contribution is 2.31. The lowest BCUT2D eigenvalue weighted by Crippen LogP contribution is -2.23. The van der Waals surface area contributed by atoms with Crippen molar-refractivity contribution in [3.8, 4) is 0 Å². The molecule has 7 nitrogen and oxygen atoms in total. The van der Waals surface area contributed by atoms with Crippen molar-refractivity contribution in [2.45, 2.75) is 12.5 Å². The molecule has 1 heterocycles. The zero-order chi connectivity index (χ0) is 20.4. The number of rotatable bonds is 4. The minimum Gasteiger partial charge on any atom is -0.454 e. The van der Waals surface area contributed by atoms with Crippen molar-refractivity contribution in [3.05, 3.63) is 105 Å². The van der Waals surface area contributed by atoms with Gasteiger partial charge in [0.2, 0.25) is 0 Å². The Labute approximate surface area is 166 Å². The number of nitro groups is 1. The van der Waals surface area contributed by atoms with E-state index in [4.69, 9.17) is 4.74 Å². The molecular formula is C22H16N2O5. The lowest BCUT2D eigenvalue weighted by Gasteiger charge is -2.25. The summed E-state index contributed by atoms with van der Waals surface area (Å²) in [5, 5.41) is 13.4. The van der Waals surface area contributed by atoms with Crippen LogP contribution in [0.2, 0.25) is 0 Å². The Bertz CT molecular complexity index is 1090. The fraction of sp³-hybridized carbons (Fsp3) is 0.0909. The van der Waals surface area contributed by atoms with Gasteiger partial charge >= 0.3 is 5.97 Å². The second-order valence-corrected chi connectivity index (χ2v) is 6.64. The summed E-state index contributed by atoms with van der Waals surface area (Å²) in [4.78, 5) is 35.2. The topological polar surface area (TPSA) is 98.5 Å². The zero-order valence-electron chi connectivity index (χ0n) is 15.2. The highest BCUT2D eigenvalue weighted by Gasteiger charge is 2.28. The molecule has 0 saturated carbocycles. The monoisotopic (exact) mass is 388 g/mol. The van der Waals surface area contributed by atoms with E-state index in [1.807, 2.05) is 30.3 Å². The number of anilines is 1. The fourth-order valence-corrected chi connectivity index (χ4v) is 3.26. The van der Waals surface area contributed by atoms with Crippen LogP contribution in [0.1, 0.15) is 37.9 Å². The summed E-state index contributed by atoms with van der Waals surface area (Å²) in [5.41, 5.74) is 2.87. The van der Waals surface area contributed by atoms with Crippen molar-refractivity contribution in [1.82, 2.24) is 0 Å². The number of carbonyl (C=O) groups is 2. The van der Waals surface area contributed by atoms with Crippen molar-refractivity contribution >= 4 is 23.3 Å². The summed E-state index contributed by atoms with van der Waals surface area (Å²) < 4.78 is 5.53. The largest absolute Gasteiger partial charge is 0.454 e. The van der Waals surface area contributed by atoms with Gasteiger partial charge in [-0.2, -0.15) is 0 Å². The summed E-state index contributed by atoms with van der Waals surface area (Å²) in [6, 6.07) is 19.9. The molecule has 0 saturated heterocycles. The molecule has 4 rings (SSSR count). The van der Waals surface area contributed by atoms with Crippen LogP contribution in [-0.2, 0) is 11.2 Å². The Morgan fingerprint density at radius 2 is 1.76 bits per heavy atom. The molecule has 1 aliphatic heterocycles. The quantitative estimate of drug-likeness (QED) is 0.408. The number of nitrogens with one attached hydrogen (secondary N) is 1. The van der Waals surface area contributed by atoms with Gasteiger partial charge in [-0.05, 0) is 41.5 Å². The smallest absolute Gasteiger partial charge is 0.339 e. The van der Waals surface area contributed by atoms with Crippen LogP contribution in [0.15, 0.2) is 72.8 Å². The number of benzene rings is 3. The fourth-order valence-electron chi connectivity index (χ4n) is 3.26. The highest BCUT2D eigenvalue weighted by molar-refractivity contribution is 6.05. The third-order valence-corrected chi connectivity index (χ3v) is 4.75. The van der Waals surface area contributed by atoms with E-state index in [0.29, 0.717) is 23.2 Å². The van der Waals surface area contributed by atoms with Gasteiger partial charge in [0.1, 0.15) is 6.10 Å². The molecule has 7 heteroatoms. The van der Waals surface area contributed by atoms with Crippen LogP contribution in [-0.4, -0.2) is 16.8 Å². The molecule has 0 bridgehead atoms. The maximum atomic E-state index is 12.6. The zero-order valence-corrected chi connectivity index (χ0v) is 15.2. The minimum absolute atomic E-state index is 0.0535. The van der Waals surface area contributed by atoms with Crippen molar-refractivity contribution < 1.29 is 19.2 Å². The van der Waals surface area contributed by atoms with Crippen LogP contribution in [0, 0.1) is 10.1 Å². The maximum absolute atomic E-state index is 12.6. The van der Waals surface area contributed by atoms with Crippen LogP contribution in [0.5, 0.6) is 0 Å². The van der Waals surface area contributed by atoms with Gasteiger partial charge in [-0.3, -0.25) is 14.9 Å². The predicted octanol–water partition coefficient (Wildman–Crippen LogP) is 4.30. The molecule has 0 aliphatic carbocycles. The van der Waals surface area contributed by atoms with E-state index in [0.717, 1.165) is 11.1 Å². The van der Waals surface area contributed by atoms with Crippen molar-refractivity contribution in [3.63, 3.8) is 0 Å². The number of hydrogen-bond acceptors (Lipinski definition) is 5. The molecule has 1 unspecified atom stereocenters. The van der Waals surface area contributed by atoms with E-state index in [1.165, 1.54) is 24.3 Å². The van der Waals surface area contributed by atoms with E-state index in [1.54, 1.807) is 18.2 Å². The number of nitrogens with zero attached hydrogens (tertiary/aromatic N) is 1. The molecule has 3 aromatic carbocycles. The van der Waals surface area contributed by atoms with E-state index in [9.17, 15) is 19.7 Å². The van der Waals surface area contributed by atoms with Crippen LogP contribution in [0.3, 0.4) is 0 Å². The molecule has 1 amide bonds. The van der Waals surface area contributed by atoms with Crippen LogP contribution in [0.25, 0.3) is 0 Å². The molecule has 29 heavy (non-hydrogen) atoms. The molecule has 0 radical (unpaired) electrons. The summed E-state index contributed by atoms with van der Waals surface area (Å²) in [6.07, 6.45) is 0.0770. The molecule has 3 aromatic rings. The summed E-state index contributed by atoms with van der Waals surface area (Å²) in [5.74, 6) is -0.778. The number of esters is 1. The van der Waals surface area contributed by atoms with Gasteiger partial charge in [-0.1, -0.05) is 30.3 Å².